The highest BCUT2D eigenvalue weighted by molar-refractivity contribution is 5.95. The minimum Gasteiger partial charge on any atom is -0.355 e. The second-order valence-electron chi connectivity index (χ2n) is 6.56. The van der Waals surface area contributed by atoms with Gasteiger partial charge in [-0.3, -0.25) is 0 Å². The van der Waals surface area contributed by atoms with Gasteiger partial charge in [0.05, 0.1) is 5.69 Å². The van der Waals surface area contributed by atoms with E-state index in [0.717, 1.165) is 37.7 Å². The minimum atomic E-state index is 1.03. The summed E-state index contributed by atoms with van der Waals surface area (Å²) >= 11 is 0. The van der Waals surface area contributed by atoms with Crippen LogP contribution in [0.5, 0.6) is 0 Å². The van der Waals surface area contributed by atoms with E-state index in [4.69, 9.17) is 4.98 Å². The predicted octanol–water partition coefficient (Wildman–Crippen LogP) is 4.04. The number of aromatic nitrogens is 1. The fraction of sp³-hybridized carbons (Fsp3) is 0.286. The molecule has 1 saturated heterocycles. The molecule has 0 aliphatic carbocycles. The fourth-order valence-corrected chi connectivity index (χ4v) is 3.44. The Morgan fingerprint density at radius 1 is 0.833 bits per heavy atom. The molecule has 1 aliphatic rings. The minimum absolute atomic E-state index is 1.03. The number of likely N-dealkylation sites (N-methyl/N-ethyl adjacent to an activating group) is 1. The van der Waals surface area contributed by atoms with Gasteiger partial charge in [-0.15, -0.1) is 0 Å². The Morgan fingerprint density at radius 2 is 1.62 bits per heavy atom. The molecular weight excluding hydrogens is 294 g/mol. The standard InChI is InChI=1S/C21H23N3/c1-23-12-7-13-24(15-14-23)21-19-11-6-5-10-18(19)16-20(22-21)17-8-3-2-4-9-17/h2-6,8-11,16H,7,12-15H2,1H3. The first-order chi connectivity index (χ1) is 11.8. The van der Waals surface area contributed by atoms with Crippen molar-refractivity contribution in [3.63, 3.8) is 0 Å². The van der Waals surface area contributed by atoms with E-state index in [1.807, 2.05) is 0 Å². The fourth-order valence-electron chi connectivity index (χ4n) is 3.44. The Hall–Kier alpha value is -2.39. The molecule has 0 N–H and O–H groups in total. The van der Waals surface area contributed by atoms with Gasteiger partial charge in [0.1, 0.15) is 5.82 Å². The molecule has 2 heterocycles. The van der Waals surface area contributed by atoms with Crippen molar-refractivity contribution in [1.29, 1.82) is 0 Å². The van der Waals surface area contributed by atoms with Crippen LogP contribution in [-0.4, -0.2) is 43.1 Å². The third-order valence-electron chi connectivity index (χ3n) is 4.81. The SMILES string of the molecule is CN1CCCN(c2nc(-c3ccccc3)cc3ccccc23)CC1. The zero-order valence-electron chi connectivity index (χ0n) is 14.2. The predicted molar refractivity (Wildman–Crippen MR) is 102 cm³/mol. The maximum Gasteiger partial charge on any atom is 0.137 e. The molecule has 0 atom stereocenters. The van der Waals surface area contributed by atoms with Crippen molar-refractivity contribution >= 4 is 16.6 Å². The topological polar surface area (TPSA) is 19.4 Å². The third kappa shape index (κ3) is 3.00. The monoisotopic (exact) mass is 317 g/mol. The molecule has 3 heteroatoms. The van der Waals surface area contributed by atoms with Crippen LogP contribution in [-0.2, 0) is 0 Å². The largest absolute Gasteiger partial charge is 0.355 e. The van der Waals surface area contributed by atoms with Crippen LogP contribution in [0.2, 0.25) is 0 Å². The van der Waals surface area contributed by atoms with Crippen LogP contribution in [0.15, 0.2) is 60.7 Å². The summed E-state index contributed by atoms with van der Waals surface area (Å²) in [5.74, 6) is 1.13. The molecule has 0 spiro atoms. The lowest BCUT2D eigenvalue weighted by atomic mass is 10.1. The summed E-state index contributed by atoms with van der Waals surface area (Å²) < 4.78 is 0. The molecule has 3 aromatic rings. The van der Waals surface area contributed by atoms with E-state index < -0.39 is 0 Å². The molecule has 24 heavy (non-hydrogen) atoms. The van der Waals surface area contributed by atoms with Gasteiger partial charge in [0.25, 0.3) is 0 Å². The van der Waals surface area contributed by atoms with E-state index >= 15 is 0 Å². The summed E-state index contributed by atoms with van der Waals surface area (Å²) in [5, 5.41) is 2.51. The van der Waals surface area contributed by atoms with Gasteiger partial charge in [-0.1, -0.05) is 54.6 Å². The lowest BCUT2D eigenvalue weighted by Crippen LogP contribution is -2.29. The average molecular weight is 317 g/mol. The molecule has 0 amide bonds. The Balaban J connectivity index is 1.83. The van der Waals surface area contributed by atoms with Gasteiger partial charge in [0.15, 0.2) is 0 Å². The van der Waals surface area contributed by atoms with Crippen molar-refractivity contribution in [2.24, 2.45) is 0 Å². The Labute approximate surface area is 143 Å². The molecule has 3 nitrogen and oxygen atoms in total. The molecule has 1 aromatic heterocycles. The van der Waals surface area contributed by atoms with E-state index in [0.29, 0.717) is 0 Å². The lowest BCUT2D eigenvalue weighted by molar-refractivity contribution is 0.360. The zero-order valence-corrected chi connectivity index (χ0v) is 14.2. The summed E-state index contributed by atoms with van der Waals surface area (Å²) in [7, 11) is 2.20. The second kappa shape index (κ2) is 6.62. The molecule has 1 fully saturated rings. The van der Waals surface area contributed by atoms with Crippen LogP contribution in [0, 0.1) is 0 Å². The average Bonchev–Trinajstić information content (AvgIpc) is 2.86. The maximum absolute atomic E-state index is 5.07. The lowest BCUT2D eigenvalue weighted by Gasteiger charge is -2.24. The van der Waals surface area contributed by atoms with Crippen LogP contribution in [0.4, 0.5) is 5.82 Å². The number of hydrogen-bond acceptors (Lipinski definition) is 3. The highest BCUT2D eigenvalue weighted by Crippen LogP contribution is 2.30. The highest BCUT2D eigenvalue weighted by atomic mass is 15.2. The molecule has 0 unspecified atom stereocenters. The highest BCUT2D eigenvalue weighted by Gasteiger charge is 2.17. The Morgan fingerprint density at radius 3 is 2.50 bits per heavy atom. The first-order valence-corrected chi connectivity index (χ1v) is 8.70. The van der Waals surface area contributed by atoms with Gasteiger partial charge in [-0.05, 0) is 31.5 Å². The van der Waals surface area contributed by atoms with Gasteiger partial charge in [0.2, 0.25) is 0 Å². The van der Waals surface area contributed by atoms with Crippen LogP contribution < -0.4 is 4.90 Å². The molecule has 4 rings (SSSR count). The van der Waals surface area contributed by atoms with E-state index in [-0.39, 0.29) is 0 Å². The quantitative estimate of drug-likeness (QED) is 0.711. The number of anilines is 1. The molecule has 0 saturated carbocycles. The summed E-state index contributed by atoms with van der Waals surface area (Å²) in [4.78, 5) is 9.93. The normalized spacial score (nSPS) is 16.3. The maximum atomic E-state index is 5.07. The van der Waals surface area contributed by atoms with Crippen molar-refractivity contribution in [3.8, 4) is 11.3 Å². The molecule has 1 aliphatic heterocycles. The van der Waals surface area contributed by atoms with E-state index in [1.165, 1.54) is 22.8 Å². The van der Waals surface area contributed by atoms with Gasteiger partial charge < -0.3 is 9.80 Å². The van der Waals surface area contributed by atoms with Crippen molar-refractivity contribution < 1.29 is 0 Å². The van der Waals surface area contributed by atoms with Gasteiger partial charge in [-0.25, -0.2) is 4.98 Å². The van der Waals surface area contributed by atoms with Crippen LogP contribution in [0.3, 0.4) is 0 Å². The van der Waals surface area contributed by atoms with Crippen LogP contribution in [0.25, 0.3) is 22.0 Å². The van der Waals surface area contributed by atoms with Crippen molar-refractivity contribution in [3.05, 3.63) is 60.7 Å². The molecule has 2 aromatic carbocycles. The number of nitrogens with zero attached hydrogens (tertiary/aromatic N) is 3. The summed E-state index contributed by atoms with van der Waals surface area (Å²) in [6.45, 7) is 4.35. The summed E-state index contributed by atoms with van der Waals surface area (Å²) in [5.41, 5.74) is 2.23. The van der Waals surface area contributed by atoms with Crippen molar-refractivity contribution in [1.82, 2.24) is 9.88 Å². The van der Waals surface area contributed by atoms with Gasteiger partial charge in [0, 0.05) is 30.6 Å². The first kappa shape index (κ1) is 15.2. The number of fused-ring (bicyclic) bond motifs is 1. The number of rotatable bonds is 2. The molecule has 122 valence electrons. The Bertz CT molecular complexity index is 829. The van der Waals surface area contributed by atoms with Crippen molar-refractivity contribution in [2.45, 2.75) is 6.42 Å². The van der Waals surface area contributed by atoms with E-state index in [9.17, 15) is 0 Å². The first-order valence-electron chi connectivity index (χ1n) is 8.70. The third-order valence-corrected chi connectivity index (χ3v) is 4.81. The number of hydrogen-bond donors (Lipinski definition) is 0. The summed E-state index contributed by atoms with van der Waals surface area (Å²) in [6.07, 6.45) is 1.18. The van der Waals surface area contributed by atoms with E-state index in [2.05, 4.69) is 77.5 Å². The number of benzene rings is 2. The molecular formula is C21H23N3. The zero-order chi connectivity index (χ0) is 16.4. The van der Waals surface area contributed by atoms with Crippen LogP contribution >= 0.6 is 0 Å². The number of pyridine rings is 1. The molecule has 0 radical (unpaired) electrons. The second-order valence-corrected chi connectivity index (χ2v) is 6.56. The smallest absolute Gasteiger partial charge is 0.137 e. The van der Waals surface area contributed by atoms with Gasteiger partial charge in [-0.2, -0.15) is 0 Å². The van der Waals surface area contributed by atoms with Crippen molar-refractivity contribution in [2.75, 3.05) is 38.1 Å². The summed E-state index contributed by atoms with van der Waals surface area (Å²) in [6, 6.07) is 21.3. The van der Waals surface area contributed by atoms with Gasteiger partial charge >= 0.3 is 0 Å². The van der Waals surface area contributed by atoms with E-state index in [1.54, 1.807) is 0 Å². The molecule has 0 bridgehead atoms. The Kier molecular flexibility index (Phi) is 4.18. The van der Waals surface area contributed by atoms with Crippen LogP contribution in [0.1, 0.15) is 6.42 Å².